The number of benzene rings is 2. The Kier molecular flexibility index (Phi) is 6.60. The number of hydrogen-bond acceptors (Lipinski definition) is 4. The highest BCUT2D eigenvalue weighted by Gasteiger charge is 2.50. The fourth-order valence-electron chi connectivity index (χ4n) is 5.02. The minimum absolute atomic E-state index is 0.116. The summed E-state index contributed by atoms with van der Waals surface area (Å²) < 4.78 is 18.0. The average Bonchev–Trinajstić information content (AvgIpc) is 3.64. The van der Waals surface area contributed by atoms with E-state index in [4.69, 9.17) is 29.2 Å². The molecule has 0 radical (unpaired) electrons. The molecule has 2 aliphatic carbocycles. The van der Waals surface area contributed by atoms with Crippen molar-refractivity contribution in [2.45, 2.75) is 57.0 Å². The Morgan fingerprint density at radius 3 is 2.22 bits per heavy atom. The van der Waals surface area contributed by atoms with Gasteiger partial charge in [0.25, 0.3) is 0 Å². The van der Waals surface area contributed by atoms with E-state index in [-0.39, 0.29) is 5.60 Å². The van der Waals surface area contributed by atoms with Crippen LogP contribution in [0.4, 0.5) is 4.79 Å². The van der Waals surface area contributed by atoms with Crippen LogP contribution in [0.1, 0.15) is 56.9 Å². The predicted molar refractivity (Wildman–Crippen MR) is 121 cm³/mol. The molecule has 6 heteroatoms. The van der Waals surface area contributed by atoms with Crippen LogP contribution in [0, 0.1) is 11.3 Å². The second-order valence-corrected chi connectivity index (χ2v) is 9.36. The van der Waals surface area contributed by atoms with Gasteiger partial charge in [-0.25, -0.2) is 4.79 Å². The molecule has 2 aliphatic heterocycles. The molecule has 2 aromatic carbocycles. The number of rotatable bonds is 7. The first-order chi connectivity index (χ1) is 15.4. The molecule has 2 heterocycles. The van der Waals surface area contributed by atoms with Gasteiger partial charge >= 0.3 is 6.16 Å². The van der Waals surface area contributed by atoms with Crippen LogP contribution in [0.2, 0.25) is 0 Å². The summed E-state index contributed by atoms with van der Waals surface area (Å²) in [7, 11) is 1.67. The molecule has 2 N–H and O–H groups in total. The molecule has 0 unspecified atom stereocenters. The first kappa shape index (κ1) is 22.5. The number of carbonyl (C=O) groups is 1. The molecule has 2 aromatic rings. The Morgan fingerprint density at radius 1 is 1.00 bits per heavy atom. The first-order valence-corrected chi connectivity index (χ1v) is 11.4. The molecule has 4 fully saturated rings. The SMILES string of the molecule is COc1cccc(Oc2cccc(C34CCC(CCC5CC5)(CC3)CO4)c2)c1.O=C(O)O. The fraction of sp³-hybridized carbons (Fsp3) is 0.500. The van der Waals surface area contributed by atoms with Gasteiger partial charge in [0.15, 0.2) is 0 Å². The lowest BCUT2D eigenvalue weighted by Gasteiger charge is -2.53. The third-order valence-electron chi connectivity index (χ3n) is 7.19. The summed E-state index contributed by atoms with van der Waals surface area (Å²) >= 11 is 0. The highest BCUT2D eigenvalue weighted by atomic mass is 16.6. The van der Waals surface area contributed by atoms with Crippen LogP contribution in [0.3, 0.4) is 0 Å². The van der Waals surface area contributed by atoms with Gasteiger partial charge in [0.1, 0.15) is 17.2 Å². The van der Waals surface area contributed by atoms with Crippen molar-refractivity contribution in [2.24, 2.45) is 11.3 Å². The predicted octanol–water partition coefficient (Wildman–Crippen LogP) is 6.69. The van der Waals surface area contributed by atoms with E-state index in [0.29, 0.717) is 5.41 Å². The normalized spacial score (nSPS) is 26.0. The van der Waals surface area contributed by atoms with Gasteiger partial charge in [-0.1, -0.05) is 31.0 Å². The minimum Gasteiger partial charge on any atom is -0.497 e. The smallest absolute Gasteiger partial charge is 0.497 e. The third-order valence-corrected chi connectivity index (χ3v) is 7.19. The zero-order valence-corrected chi connectivity index (χ0v) is 18.6. The number of hydrogen-bond donors (Lipinski definition) is 2. The molecule has 0 aromatic heterocycles. The maximum atomic E-state index is 8.56. The number of methoxy groups -OCH3 is 1. The summed E-state index contributed by atoms with van der Waals surface area (Å²) in [6.07, 6.45) is 8.76. The van der Waals surface area contributed by atoms with Crippen molar-refractivity contribution in [3.05, 3.63) is 54.1 Å². The van der Waals surface area contributed by atoms with Crippen LogP contribution in [0.25, 0.3) is 0 Å². The van der Waals surface area contributed by atoms with Crippen LogP contribution < -0.4 is 9.47 Å². The van der Waals surface area contributed by atoms with E-state index in [0.717, 1.165) is 42.6 Å². The summed E-state index contributed by atoms with van der Waals surface area (Å²) in [5.74, 6) is 3.48. The molecular weight excluding hydrogens is 408 g/mol. The minimum atomic E-state index is -1.83. The van der Waals surface area contributed by atoms with Crippen molar-refractivity contribution in [1.82, 2.24) is 0 Å². The van der Waals surface area contributed by atoms with Gasteiger partial charge in [0.2, 0.25) is 0 Å². The van der Waals surface area contributed by atoms with Crippen molar-refractivity contribution >= 4 is 6.16 Å². The van der Waals surface area contributed by atoms with E-state index in [1.807, 2.05) is 30.3 Å². The number of carboxylic acid groups (broad SMARTS) is 2. The summed E-state index contributed by atoms with van der Waals surface area (Å²) in [6.45, 7) is 0.931. The van der Waals surface area contributed by atoms with E-state index < -0.39 is 6.16 Å². The Balaban J connectivity index is 0.000000567. The van der Waals surface area contributed by atoms with Crippen LogP contribution in [0.5, 0.6) is 17.2 Å². The summed E-state index contributed by atoms with van der Waals surface area (Å²) in [6, 6.07) is 16.2. The lowest BCUT2D eigenvalue weighted by molar-refractivity contribution is -0.192. The molecule has 32 heavy (non-hydrogen) atoms. The molecule has 4 aliphatic rings. The van der Waals surface area contributed by atoms with Crippen LogP contribution >= 0.6 is 0 Å². The Bertz CT molecular complexity index is 907. The van der Waals surface area contributed by atoms with Gasteiger partial charge in [-0.05, 0) is 79.7 Å². The second-order valence-electron chi connectivity index (χ2n) is 9.36. The summed E-state index contributed by atoms with van der Waals surface area (Å²) in [4.78, 5) is 8.56. The monoisotopic (exact) mass is 440 g/mol. The molecule has 0 atom stereocenters. The van der Waals surface area contributed by atoms with Gasteiger partial charge in [-0.2, -0.15) is 0 Å². The highest BCUT2D eigenvalue weighted by molar-refractivity contribution is 5.53. The van der Waals surface area contributed by atoms with Gasteiger partial charge in [-0.15, -0.1) is 0 Å². The lowest BCUT2D eigenvalue weighted by atomic mass is 9.62. The molecule has 0 amide bonds. The largest absolute Gasteiger partial charge is 0.503 e. The van der Waals surface area contributed by atoms with E-state index in [1.54, 1.807) is 7.11 Å². The number of ether oxygens (including phenoxy) is 3. The fourth-order valence-corrected chi connectivity index (χ4v) is 5.02. The van der Waals surface area contributed by atoms with E-state index >= 15 is 0 Å². The summed E-state index contributed by atoms with van der Waals surface area (Å²) in [5.41, 5.74) is 1.61. The summed E-state index contributed by atoms with van der Waals surface area (Å²) in [5, 5.41) is 13.9. The second kappa shape index (κ2) is 9.41. The van der Waals surface area contributed by atoms with Gasteiger partial charge in [0.05, 0.1) is 19.3 Å². The molecule has 2 bridgehead atoms. The average molecular weight is 441 g/mol. The molecular formula is C26H32O6. The van der Waals surface area contributed by atoms with Crippen LogP contribution in [-0.4, -0.2) is 30.1 Å². The molecule has 6 nitrogen and oxygen atoms in total. The van der Waals surface area contributed by atoms with Crippen molar-refractivity contribution in [3.63, 3.8) is 0 Å². The van der Waals surface area contributed by atoms with Crippen molar-refractivity contribution in [3.8, 4) is 17.2 Å². The topological polar surface area (TPSA) is 85.2 Å². The maximum Gasteiger partial charge on any atom is 0.503 e. The Morgan fingerprint density at radius 2 is 1.62 bits per heavy atom. The highest BCUT2D eigenvalue weighted by Crippen LogP contribution is 2.56. The standard InChI is InChI=1S/C25H30O3.CH2O3/c1-26-21-5-3-7-23(17-21)28-22-6-2-4-20(16-22)25-14-12-24(13-15-25,18-27-25)11-10-19-8-9-19;2-1(3)4/h2-7,16-17,19H,8-15,18H2,1H3;(H2,2,3,4). The van der Waals surface area contributed by atoms with Crippen LogP contribution in [0.15, 0.2) is 48.5 Å². The Labute approximate surface area is 189 Å². The van der Waals surface area contributed by atoms with Gasteiger partial charge in [-0.3, -0.25) is 0 Å². The zero-order valence-electron chi connectivity index (χ0n) is 18.6. The third kappa shape index (κ3) is 5.36. The quantitative estimate of drug-likeness (QED) is 0.499. The van der Waals surface area contributed by atoms with E-state index in [2.05, 4.69) is 18.2 Å². The zero-order chi connectivity index (χ0) is 22.6. The molecule has 172 valence electrons. The lowest BCUT2D eigenvalue weighted by Crippen LogP contribution is -2.49. The van der Waals surface area contributed by atoms with Crippen LogP contribution in [-0.2, 0) is 10.3 Å². The van der Waals surface area contributed by atoms with Gasteiger partial charge < -0.3 is 24.4 Å². The molecule has 6 rings (SSSR count). The Hall–Kier alpha value is -2.73. The van der Waals surface area contributed by atoms with Crippen molar-refractivity contribution in [1.29, 1.82) is 0 Å². The first-order valence-electron chi connectivity index (χ1n) is 11.4. The molecule has 2 saturated carbocycles. The van der Waals surface area contributed by atoms with Gasteiger partial charge in [0, 0.05) is 6.07 Å². The van der Waals surface area contributed by atoms with Crippen molar-refractivity contribution in [2.75, 3.05) is 13.7 Å². The number of fused-ring (bicyclic) bond motifs is 3. The molecule has 0 spiro atoms. The molecule has 2 saturated heterocycles. The van der Waals surface area contributed by atoms with E-state index in [9.17, 15) is 0 Å². The maximum absolute atomic E-state index is 8.56. The van der Waals surface area contributed by atoms with E-state index in [1.165, 1.54) is 44.1 Å². The van der Waals surface area contributed by atoms with Crippen molar-refractivity contribution < 1.29 is 29.2 Å².